The third-order valence-electron chi connectivity index (χ3n) is 6.41. The summed E-state index contributed by atoms with van der Waals surface area (Å²) in [6, 6.07) is 12.8. The Labute approximate surface area is 205 Å². The minimum Gasteiger partial charge on any atom is -0.361 e. The summed E-state index contributed by atoms with van der Waals surface area (Å²) < 4.78 is 38.3. The Morgan fingerprint density at radius 2 is 1.57 bits per heavy atom. The van der Waals surface area contributed by atoms with Crippen LogP contribution in [0.4, 0.5) is 5.69 Å². The van der Waals surface area contributed by atoms with Crippen molar-refractivity contribution in [3.63, 3.8) is 0 Å². The fraction of sp³-hybridized carbons (Fsp3) is 0.308. The first-order valence-corrected chi connectivity index (χ1v) is 12.8. The minimum absolute atomic E-state index is 0.0782. The first kappa shape index (κ1) is 24.5. The van der Waals surface area contributed by atoms with E-state index in [0.717, 1.165) is 5.56 Å². The molecule has 4 rings (SSSR count). The van der Waals surface area contributed by atoms with Crippen LogP contribution < -0.4 is 9.86 Å². The molecule has 2 aromatic carbocycles. The van der Waals surface area contributed by atoms with E-state index < -0.39 is 15.6 Å². The smallest absolute Gasteiger partial charge is 0.296 e. The van der Waals surface area contributed by atoms with Crippen molar-refractivity contribution in [3.05, 3.63) is 92.2 Å². The molecule has 0 aliphatic carbocycles. The molecule has 0 amide bonds. The molecule has 0 bridgehead atoms. The van der Waals surface area contributed by atoms with Gasteiger partial charge in [0.2, 0.25) is 0 Å². The second-order valence-corrected chi connectivity index (χ2v) is 10.8. The van der Waals surface area contributed by atoms with Gasteiger partial charge in [0, 0.05) is 12.6 Å². The van der Waals surface area contributed by atoms with Gasteiger partial charge in [0.05, 0.1) is 28.5 Å². The van der Waals surface area contributed by atoms with E-state index in [2.05, 4.69) is 5.16 Å². The number of aromatic nitrogens is 3. The molecule has 0 spiro atoms. The van der Waals surface area contributed by atoms with Crippen LogP contribution in [0.2, 0.25) is 0 Å². The van der Waals surface area contributed by atoms with E-state index in [9.17, 15) is 13.2 Å². The monoisotopic (exact) mass is 494 g/mol. The number of nitrogens with zero attached hydrogens (tertiary/aromatic N) is 4. The van der Waals surface area contributed by atoms with Crippen LogP contribution in [0.5, 0.6) is 0 Å². The summed E-state index contributed by atoms with van der Waals surface area (Å²) in [5, 5.41) is 3.99. The third-order valence-corrected chi connectivity index (χ3v) is 8.46. The van der Waals surface area contributed by atoms with Gasteiger partial charge in [-0.05, 0) is 64.8 Å². The Kier molecular flexibility index (Phi) is 6.23. The average molecular weight is 495 g/mol. The Hall–Kier alpha value is -3.59. The molecule has 0 saturated carbocycles. The van der Waals surface area contributed by atoms with Crippen molar-refractivity contribution < 1.29 is 12.9 Å². The van der Waals surface area contributed by atoms with E-state index in [1.54, 1.807) is 46.3 Å². The topological polar surface area (TPSA) is 90.3 Å². The predicted octanol–water partition coefficient (Wildman–Crippen LogP) is 4.41. The molecule has 0 aliphatic heterocycles. The maximum Gasteiger partial charge on any atom is 0.296 e. The van der Waals surface area contributed by atoms with Gasteiger partial charge in [0.1, 0.15) is 11.4 Å². The van der Waals surface area contributed by atoms with Crippen LogP contribution in [-0.4, -0.2) is 22.9 Å². The molecular formula is C26H30N4O4S. The fourth-order valence-corrected chi connectivity index (χ4v) is 6.58. The van der Waals surface area contributed by atoms with Crippen molar-refractivity contribution >= 4 is 15.7 Å². The van der Waals surface area contributed by atoms with E-state index in [4.69, 9.17) is 4.52 Å². The van der Waals surface area contributed by atoms with Crippen molar-refractivity contribution in [2.24, 2.45) is 7.05 Å². The molecule has 35 heavy (non-hydrogen) atoms. The molecule has 0 N–H and O–H groups in total. The number of sulfonamides is 1. The van der Waals surface area contributed by atoms with Crippen LogP contribution in [0.1, 0.15) is 39.4 Å². The molecule has 0 fully saturated rings. The summed E-state index contributed by atoms with van der Waals surface area (Å²) in [6.07, 6.45) is 0. The zero-order chi connectivity index (χ0) is 25.7. The molecule has 0 unspecified atom stereocenters. The maximum atomic E-state index is 14.3. The number of hydrogen-bond acceptors (Lipinski definition) is 5. The lowest BCUT2D eigenvalue weighted by molar-refractivity contribution is 0.392. The van der Waals surface area contributed by atoms with Crippen LogP contribution in [0.15, 0.2) is 56.7 Å². The average Bonchev–Trinajstić information content (AvgIpc) is 3.20. The summed E-state index contributed by atoms with van der Waals surface area (Å²) in [6.45, 7) is 10.7. The van der Waals surface area contributed by atoms with E-state index in [0.29, 0.717) is 39.5 Å². The largest absolute Gasteiger partial charge is 0.361 e. The molecule has 8 nitrogen and oxygen atoms in total. The van der Waals surface area contributed by atoms with Gasteiger partial charge in [0.25, 0.3) is 15.6 Å². The van der Waals surface area contributed by atoms with Crippen molar-refractivity contribution in [3.8, 4) is 5.69 Å². The standard InChI is InChI=1S/C26H30N4O4S/c1-16-13-17(2)25(18(3)14-16)35(32,33)29(15-23-19(4)27-34-21(23)6)24-20(5)28(7)30(26(24)31)22-11-9-8-10-12-22/h8-14H,15H2,1-7H3. The highest BCUT2D eigenvalue weighted by Crippen LogP contribution is 2.32. The van der Waals surface area contributed by atoms with Crippen LogP contribution in [0.25, 0.3) is 5.69 Å². The normalized spacial score (nSPS) is 11.7. The highest BCUT2D eigenvalue weighted by atomic mass is 32.2. The summed E-state index contributed by atoms with van der Waals surface area (Å²) in [5.74, 6) is 0.511. The Balaban J connectivity index is 2.02. The first-order chi connectivity index (χ1) is 16.4. The van der Waals surface area contributed by atoms with Gasteiger partial charge in [-0.2, -0.15) is 0 Å². The summed E-state index contributed by atoms with van der Waals surface area (Å²) in [5.41, 5.74) is 4.28. The molecule has 0 aliphatic rings. The summed E-state index contributed by atoms with van der Waals surface area (Å²) in [4.78, 5) is 14.0. The number of para-hydroxylation sites is 1. The number of aryl methyl sites for hydroxylation is 5. The Bertz CT molecular complexity index is 1530. The molecule has 184 valence electrons. The molecule has 4 aromatic rings. The first-order valence-electron chi connectivity index (χ1n) is 11.3. The molecule has 0 radical (unpaired) electrons. The number of anilines is 1. The molecule has 0 saturated heterocycles. The zero-order valence-corrected chi connectivity index (χ0v) is 21.9. The lowest BCUT2D eigenvalue weighted by atomic mass is 10.1. The van der Waals surface area contributed by atoms with Gasteiger partial charge >= 0.3 is 0 Å². The van der Waals surface area contributed by atoms with Gasteiger partial charge < -0.3 is 4.52 Å². The predicted molar refractivity (Wildman–Crippen MR) is 136 cm³/mol. The van der Waals surface area contributed by atoms with Crippen molar-refractivity contribution in [1.82, 2.24) is 14.5 Å². The maximum absolute atomic E-state index is 14.3. The van der Waals surface area contributed by atoms with E-state index in [1.807, 2.05) is 49.4 Å². The highest BCUT2D eigenvalue weighted by molar-refractivity contribution is 7.93. The fourth-order valence-electron chi connectivity index (χ4n) is 4.68. The van der Waals surface area contributed by atoms with Crippen molar-refractivity contribution in [1.29, 1.82) is 0 Å². The van der Waals surface area contributed by atoms with E-state index in [-0.39, 0.29) is 17.1 Å². The van der Waals surface area contributed by atoms with E-state index >= 15 is 0 Å². The zero-order valence-electron chi connectivity index (χ0n) is 21.1. The molecule has 2 aromatic heterocycles. The van der Waals surface area contributed by atoms with Gasteiger partial charge in [-0.25, -0.2) is 13.1 Å². The van der Waals surface area contributed by atoms with Crippen molar-refractivity contribution in [2.45, 2.75) is 53.0 Å². The van der Waals surface area contributed by atoms with Crippen molar-refractivity contribution in [2.75, 3.05) is 4.31 Å². The number of rotatable bonds is 6. The Morgan fingerprint density at radius 1 is 0.971 bits per heavy atom. The van der Waals surface area contributed by atoms with Crippen LogP contribution in [0, 0.1) is 41.5 Å². The second-order valence-electron chi connectivity index (χ2n) is 8.95. The number of hydrogen-bond donors (Lipinski definition) is 0. The summed E-state index contributed by atoms with van der Waals surface area (Å²) in [7, 11) is -2.39. The molecule has 9 heteroatoms. The molecule has 0 atom stereocenters. The highest BCUT2D eigenvalue weighted by Gasteiger charge is 2.35. The lowest BCUT2D eigenvalue weighted by Gasteiger charge is -2.25. The Morgan fingerprint density at radius 3 is 2.11 bits per heavy atom. The molecular weight excluding hydrogens is 464 g/mol. The van der Waals surface area contributed by atoms with Gasteiger partial charge in [0.15, 0.2) is 0 Å². The quantitative estimate of drug-likeness (QED) is 0.396. The molecule has 2 heterocycles. The number of benzene rings is 2. The SMILES string of the molecule is Cc1cc(C)c(S(=O)(=O)N(Cc2c(C)noc2C)c2c(C)n(C)n(-c3ccccc3)c2=O)c(C)c1. The van der Waals surface area contributed by atoms with Crippen LogP contribution in [0.3, 0.4) is 0 Å². The summed E-state index contributed by atoms with van der Waals surface area (Å²) >= 11 is 0. The lowest BCUT2D eigenvalue weighted by Crippen LogP contribution is -2.36. The van der Waals surface area contributed by atoms with Gasteiger partial charge in [-0.15, -0.1) is 0 Å². The second kappa shape index (κ2) is 8.88. The third kappa shape index (κ3) is 4.10. The minimum atomic E-state index is -4.14. The van der Waals surface area contributed by atoms with Crippen LogP contribution in [-0.2, 0) is 23.6 Å². The van der Waals surface area contributed by atoms with Gasteiger partial charge in [-0.1, -0.05) is 41.1 Å². The van der Waals surface area contributed by atoms with E-state index in [1.165, 1.54) is 8.99 Å². The van der Waals surface area contributed by atoms with Gasteiger partial charge in [-0.3, -0.25) is 13.8 Å². The van der Waals surface area contributed by atoms with Crippen LogP contribution >= 0.6 is 0 Å².